The molecule has 1 N–H and O–H groups in total. The summed E-state index contributed by atoms with van der Waals surface area (Å²) in [5.41, 5.74) is 3.85. The Kier molecular flexibility index (Phi) is 7.62. The molecule has 0 bridgehead atoms. The number of nitrogens with one attached hydrogen (secondary N) is 1. The number of hydrogen-bond donors (Lipinski definition) is 1. The molecule has 2 rings (SSSR count). The third-order valence-corrected chi connectivity index (χ3v) is 5.09. The molecule has 0 aliphatic rings. The maximum absolute atomic E-state index is 12.3. The Morgan fingerprint density at radius 2 is 1.89 bits per heavy atom. The quantitative estimate of drug-likeness (QED) is 0.555. The maximum Gasteiger partial charge on any atom is 0.251 e. The SMILES string of the molecule is Cc1nc(SCc2cccc(C(=O)NCCN(C)C)c2)nc(N(C)C)c1C. The van der Waals surface area contributed by atoms with Gasteiger partial charge in [-0.25, -0.2) is 9.97 Å². The summed E-state index contributed by atoms with van der Waals surface area (Å²) in [5, 5.41) is 3.70. The molecule has 0 spiro atoms. The zero-order valence-electron chi connectivity index (χ0n) is 17.0. The average Bonchev–Trinajstić information content (AvgIpc) is 2.62. The molecule has 1 amide bonds. The van der Waals surface area contributed by atoms with Crippen LogP contribution in [0.15, 0.2) is 29.4 Å². The number of anilines is 1. The minimum atomic E-state index is -0.0407. The van der Waals surface area contributed by atoms with E-state index in [9.17, 15) is 4.79 Å². The van der Waals surface area contributed by atoms with Gasteiger partial charge in [0.2, 0.25) is 0 Å². The summed E-state index contributed by atoms with van der Waals surface area (Å²) in [5.74, 6) is 1.62. The fourth-order valence-electron chi connectivity index (χ4n) is 2.53. The molecule has 27 heavy (non-hydrogen) atoms. The van der Waals surface area contributed by atoms with Gasteiger partial charge in [-0.1, -0.05) is 23.9 Å². The van der Waals surface area contributed by atoms with E-state index >= 15 is 0 Å². The molecule has 0 aliphatic heterocycles. The lowest BCUT2D eigenvalue weighted by molar-refractivity contribution is 0.0951. The normalized spacial score (nSPS) is 10.9. The highest BCUT2D eigenvalue weighted by Gasteiger charge is 2.11. The highest BCUT2D eigenvalue weighted by Crippen LogP contribution is 2.25. The molecular weight excluding hydrogens is 358 g/mol. The summed E-state index contributed by atoms with van der Waals surface area (Å²) in [4.78, 5) is 25.6. The molecule has 1 aromatic carbocycles. The van der Waals surface area contributed by atoms with Crippen molar-refractivity contribution in [1.29, 1.82) is 0 Å². The molecule has 0 saturated heterocycles. The van der Waals surface area contributed by atoms with Crippen LogP contribution in [0.1, 0.15) is 27.2 Å². The third kappa shape index (κ3) is 6.22. The Labute approximate surface area is 166 Å². The van der Waals surface area contributed by atoms with E-state index in [0.717, 1.165) is 34.3 Å². The van der Waals surface area contributed by atoms with Crippen molar-refractivity contribution in [3.05, 3.63) is 46.6 Å². The highest BCUT2D eigenvalue weighted by molar-refractivity contribution is 7.98. The first kappa shape index (κ1) is 21.2. The minimum Gasteiger partial charge on any atom is -0.362 e. The second-order valence-electron chi connectivity index (χ2n) is 6.98. The van der Waals surface area contributed by atoms with Crippen molar-refractivity contribution >= 4 is 23.5 Å². The molecule has 6 nitrogen and oxygen atoms in total. The van der Waals surface area contributed by atoms with E-state index in [0.29, 0.717) is 17.9 Å². The molecule has 0 unspecified atom stereocenters. The smallest absolute Gasteiger partial charge is 0.251 e. The van der Waals surface area contributed by atoms with Crippen LogP contribution < -0.4 is 10.2 Å². The molecule has 0 radical (unpaired) electrons. The monoisotopic (exact) mass is 387 g/mol. The van der Waals surface area contributed by atoms with Gasteiger partial charge in [0.05, 0.1) is 0 Å². The molecule has 0 saturated carbocycles. The van der Waals surface area contributed by atoms with Crippen LogP contribution in [0.3, 0.4) is 0 Å². The largest absolute Gasteiger partial charge is 0.362 e. The van der Waals surface area contributed by atoms with Gasteiger partial charge in [0.15, 0.2) is 5.16 Å². The van der Waals surface area contributed by atoms with E-state index in [1.165, 1.54) is 0 Å². The Bertz CT molecular complexity index is 792. The number of benzene rings is 1. The first-order chi connectivity index (χ1) is 12.8. The topological polar surface area (TPSA) is 61.4 Å². The van der Waals surface area contributed by atoms with E-state index in [4.69, 9.17) is 0 Å². The molecule has 146 valence electrons. The molecule has 1 aromatic heterocycles. The van der Waals surface area contributed by atoms with Crippen LogP contribution >= 0.6 is 11.8 Å². The first-order valence-electron chi connectivity index (χ1n) is 8.95. The van der Waals surface area contributed by atoms with Gasteiger partial charge in [-0.3, -0.25) is 4.79 Å². The number of carbonyl (C=O) groups is 1. The van der Waals surface area contributed by atoms with Gasteiger partial charge >= 0.3 is 0 Å². The van der Waals surface area contributed by atoms with Crippen molar-refractivity contribution in [3.63, 3.8) is 0 Å². The lowest BCUT2D eigenvalue weighted by Gasteiger charge is -2.16. The Morgan fingerprint density at radius 3 is 2.56 bits per heavy atom. The van der Waals surface area contributed by atoms with Crippen molar-refractivity contribution in [1.82, 2.24) is 20.2 Å². The van der Waals surface area contributed by atoms with Gasteiger partial charge in [0.1, 0.15) is 5.82 Å². The van der Waals surface area contributed by atoms with E-state index < -0.39 is 0 Å². The first-order valence-corrected chi connectivity index (χ1v) is 9.93. The number of thioether (sulfide) groups is 1. The summed E-state index contributed by atoms with van der Waals surface area (Å²) >= 11 is 1.58. The summed E-state index contributed by atoms with van der Waals surface area (Å²) in [6.07, 6.45) is 0. The number of rotatable bonds is 8. The van der Waals surface area contributed by atoms with E-state index in [1.807, 2.05) is 76.1 Å². The standard InChI is InChI=1S/C20H29N5OS/c1-14-15(2)22-20(23-18(14)25(5)6)27-13-16-8-7-9-17(12-16)19(26)21-10-11-24(3)4/h7-9,12H,10-11,13H2,1-6H3,(H,21,26). The lowest BCUT2D eigenvalue weighted by Crippen LogP contribution is -2.31. The molecule has 0 atom stereocenters. The number of aryl methyl sites for hydroxylation is 1. The zero-order valence-corrected chi connectivity index (χ0v) is 17.9. The zero-order chi connectivity index (χ0) is 20.0. The Balaban J connectivity index is 2.03. The van der Waals surface area contributed by atoms with Crippen molar-refractivity contribution in [2.24, 2.45) is 0 Å². The van der Waals surface area contributed by atoms with Crippen molar-refractivity contribution in [2.75, 3.05) is 46.2 Å². The third-order valence-electron chi connectivity index (χ3n) is 4.17. The number of likely N-dealkylation sites (N-methyl/N-ethyl adjacent to an activating group) is 1. The fourth-order valence-corrected chi connectivity index (χ4v) is 3.36. The van der Waals surface area contributed by atoms with Crippen molar-refractivity contribution in [2.45, 2.75) is 24.8 Å². The van der Waals surface area contributed by atoms with Crippen molar-refractivity contribution in [3.8, 4) is 0 Å². The number of nitrogens with zero attached hydrogens (tertiary/aromatic N) is 4. The molecule has 2 aromatic rings. The van der Waals surface area contributed by atoms with E-state index in [2.05, 4.69) is 15.3 Å². The van der Waals surface area contributed by atoms with Gasteiger partial charge in [0, 0.05) is 49.8 Å². The summed E-state index contributed by atoms with van der Waals surface area (Å²) in [7, 11) is 7.95. The number of hydrogen-bond acceptors (Lipinski definition) is 6. The summed E-state index contributed by atoms with van der Waals surface area (Å²) in [6.45, 7) is 5.50. The van der Waals surface area contributed by atoms with E-state index in [-0.39, 0.29) is 5.91 Å². The van der Waals surface area contributed by atoms with Crippen molar-refractivity contribution < 1.29 is 4.79 Å². The van der Waals surface area contributed by atoms with Crippen LogP contribution in [-0.4, -0.2) is 62.1 Å². The van der Waals surface area contributed by atoms with Gasteiger partial charge < -0.3 is 15.1 Å². The van der Waals surface area contributed by atoms with Crippen LogP contribution in [-0.2, 0) is 5.75 Å². The van der Waals surface area contributed by atoms with Crippen LogP contribution in [0.5, 0.6) is 0 Å². The maximum atomic E-state index is 12.3. The summed E-state index contributed by atoms with van der Waals surface area (Å²) in [6, 6.07) is 7.72. The van der Waals surface area contributed by atoms with Crippen LogP contribution in [0, 0.1) is 13.8 Å². The van der Waals surface area contributed by atoms with Gasteiger partial charge in [-0.05, 0) is 45.6 Å². The Morgan fingerprint density at radius 1 is 1.15 bits per heavy atom. The molecule has 0 aliphatic carbocycles. The molecule has 7 heteroatoms. The van der Waals surface area contributed by atoms with Crippen LogP contribution in [0.2, 0.25) is 0 Å². The molecular formula is C20H29N5OS. The van der Waals surface area contributed by atoms with Crippen LogP contribution in [0.25, 0.3) is 0 Å². The van der Waals surface area contributed by atoms with Crippen LogP contribution in [0.4, 0.5) is 5.82 Å². The van der Waals surface area contributed by atoms with Gasteiger partial charge in [-0.15, -0.1) is 0 Å². The fraction of sp³-hybridized carbons (Fsp3) is 0.450. The number of amides is 1. The number of aromatic nitrogens is 2. The molecule has 1 heterocycles. The van der Waals surface area contributed by atoms with Gasteiger partial charge in [0.25, 0.3) is 5.91 Å². The highest BCUT2D eigenvalue weighted by atomic mass is 32.2. The second-order valence-corrected chi connectivity index (χ2v) is 7.93. The predicted octanol–water partition coefficient (Wildman–Crippen LogP) is 2.74. The number of carbonyl (C=O) groups excluding carboxylic acids is 1. The predicted molar refractivity (Wildman–Crippen MR) is 113 cm³/mol. The molecule has 0 fully saturated rings. The Hall–Kier alpha value is -2.12. The average molecular weight is 388 g/mol. The van der Waals surface area contributed by atoms with Gasteiger partial charge in [-0.2, -0.15) is 0 Å². The lowest BCUT2D eigenvalue weighted by atomic mass is 10.1. The minimum absolute atomic E-state index is 0.0407. The summed E-state index contributed by atoms with van der Waals surface area (Å²) < 4.78 is 0. The van der Waals surface area contributed by atoms with E-state index in [1.54, 1.807) is 11.8 Å². The second kappa shape index (κ2) is 9.71.